The third-order valence-corrected chi connectivity index (χ3v) is 3.86. The first kappa shape index (κ1) is 16.8. The number of amides is 1. The highest BCUT2D eigenvalue weighted by Crippen LogP contribution is 2.27. The number of hydrogen-bond donors (Lipinski definition) is 4. The monoisotopic (exact) mass is 320 g/mol. The van der Waals surface area contributed by atoms with Crippen LogP contribution in [0.3, 0.4) is 0 Å². The summed E-state index contributed by atoms with van der Waals surface area (Å²) in [6, 6.07) is 2.41. The molecule has 4 N–H and O–H groups in total. The van der Waals surface area contributed by atoms with Gasteiger partial charge in [-0.25, -0.2) is 4.79 Å². The van der Waals surface area contributed by atoms with Gasteiger partial charge < -0.3 is 20.8 Å². The summed E-state index contributed by atoms with van der Waals surface area (Å²) in [4.78, 5) is 34.0. The van der Waals surface area contributed by atoms with Gasteiger partial charge in [-0.05, 0) is 49.4 Å². The average Bonchev–Trinajstić information content (AvgIpc) is 2.94. The Hall–Kier alpha value is -2.57. The van der Waals surface area contributed by atoms with Crippen molar-refractivity contribution in [2.45, 2.75) is 38.6 Å². The van der Waals surface area contributed by atoms with Crippen LogP contribution in [-0.2, 0) is 16.0 Å². The Morgan fingerprint density at radius 1 is 1.30 bits per heavy atom. The van der Waals surface area contributed by atoms with E-state index in [1.807, 2.05) is 6.92 Å². The number of carboxylic acids is 2. The van der Waals surface area contributed by atoms with E-state index in [0.29, 0.717) is 5.56 Å². The molecule has 7 nitrogen and oxygen atoms in total. The lowest BCUT2D eigenvalue weighted by molar-refractivity contribution is -0.140. The molecule has 1 aromatic rings. The molecule has 23 heavy (non-hydrogen) atoms. The van der Waals surface area contributed by atoms with Crippen LogP contribution in [0.1, 0.15) is 40.7 Å². The fourth-order valence-electron chi connectivity index (χ4n) is 2.72. The van der Waals surface area contributed by atoms with Crippen LogP contribution < -0.4 is 10.6 Å². The molecule has 1 aromatic carbocycles. The molecule has 0 saturated heterocycles. The van der Waals surface area contributed by atoms with Gasteiger partial charge in [0.2, 0.25) is 0 Å². The summed E-state index contributed by atoms with van der Waals surface area (Å²) in [5, 5.41) is 23.5. The summed E-state index contributed by atoms with van der Waals surface area (Å²) >= 11 is 0. The standard InChI is InChI=1S/C16H20N2O5/c1-9-7-11(8-10-5-6-17-14(9)10)15(21)18-12(16(22)23)3-2-4-13(19)20/h7-8,12,17H,2-6H2,1H3,(H,18,21)(H,19,20)(H,22,23). The molecule has 0 spiro atoms. The molecular weight excluding hydrogens is 300 g/mol. The second-order valence-electron chi connectivity index (χ2n) is 5.65. The quantitative estimate of drug-likeness (QED) is 0.603. The number of hydrogen-bond acceptors (Lipinski definition) is 4. The third-order valence-electron chi connectivity index (χ3n) is 3.86. The molecule has 0 fully saturated rings. The van der Waals surface area contributed by atoms with Gasteiger partial charge in [-0.3, -0.25) is 9.59 Å². The molecule has 1 atom stereocenters. The first-order chi connectivity index (χ1) is 10.9. The molecule has 1 heterocycles. The predicted octanol–water partition coefficient (Wildman–Crippen LogP) is 1.40. The summed E-state index contributed by atoms with van der Waals surface area (Å²) in [5.74, 6) is -2.60. The molecule has 1 aliphatic heterocycles. The number of carbonyl (C=O) groups is 3. The molecule has 0 aromatic heterocycles. The van der Waals surface area contributed by atoms with Gasteiger partial charge in [0.25, 0.3) is 5.91 Å². The Kier molecular flexibility index (Phi) is 5.20. The lowest BCUT2D eigenvalue weighted by Gasteiger charge is -2.15. The normalized spacial score (nSPS) is 13.8. The van der Waals surface area contributed by atoms with E-state index in [0.717, 1.165) is 29.8 Å². The first-order valence-corrected chi connectivity index (χ1v) is 7.51. The van der Waals surface area contributed by atoms with Crippen molar-refractivity contribution in [3.8, 4) is 0 Å². The van der Waals surface area contributed by atoms with Crippen molar-refractivity contribution in [1.82, 2.24) is 5.32 Å². The molecule has 0 bridgehead atoms. The van der Waals surface area contributed by atoms with E-state index in [9.17, 15) is 19.5 Å². The average molecular weight is 320 g/mol. The summed E-state index contributed by atoms with van der Waals surface area (Å²) in [6.45, 7) is 2.73. The van der Waals surface area contributed by atoms with Gasteiger partial charge in [-0.1, -0.05) is 0 Å². The molecular formula is C16H20N2O5. The van der Waals surface area contributed by atoms with Gasteiger partial charge in [0, 0.05) is 24.2 Å². The van der Waals surface area contributed by atoms with Crippen LogP contribution >= 0.6 is 0 Å². The van der Waals surface area contributed by atoms with E-state index in [1.54, 1.807) is 12.1 Å². The van der Waals surface area contributed by atoms with Crippen molar-refractivity contribution in [1.29, 1.82) is 0 Å². The highest BCUT2D eigenvalue weighted by Gasteiger charge is 2.22. The van der Waals surface area contributed by atoms with Crippen molar-refractivity contribution in [3.05, 3.63) is 28.8 Å². The molecule has 124 valence electrons. The van der Waals surface area contributed by atoms with Gasteiger partial charge in [0.05, 0.1) is 0 Å². The zero-order chi connectivity index (χ0) is 17.0. The van der Waals surface area contributed by atoms with E-state index in [2.05, 4.69) is 10.6 Å². The van der Waals surface area contributed by atoms with Crippen LogP contribution in [0.4, 0.5) is 5.69 Å². The van der Waals surface area contributed by atoms with E-state index in [-0.39, 0.29) is 19.3 Å². The Morgan fingerprint density at radius 3 is 2.70 bits per heavy atom. The highest BCUT2D eigenvalue weighted by molar-refractivity contribution is 5.97. The van der Waals surface area contributed by atoms with Gasteiger partial charge in [-0.15, -0.1) is 0 Å². The smallest absolute Gasteiger partial charge is 0.326 e. The minimum Gasteiger partial charge on any atom is -0.481 e. The fourth-order valence-corrected chi connectivity index (χ4v) is 2.72. The molecule has 0 aliphatic carbocycles. The minimum atomic E-state index is -1.16. The van der Waals surface area contributed by atoms with E-state index < -0.39 is 23.9 Å². The Bertz CT molecular complexity index is 642. The maximum atomic E-state index is 12.3. The van der Waals surface area contributed by atoms with Crippen LogP contribution in [-0.4, -0.2) is 40.6 Å². The lowest BCUT2D eigenvalue weighted by Crippen LogP contribution is -2.40. The Balaban J connectivity index is 2.05. The summed E-state index contributed by atoms with van der Waals surface area (Å²) in [7, 11) is 0. The fraction of sp³-hybridized carbons (Fsp3) is 0.438. The van der Waals surface area contributed by atoms with Gasteiger partial charge in [0.15, 0.2) is 0 Å². The van der Waals surface area contributed by atoms with E-state index in [4.69, 9.17) is 5.11 Å². The predicted molar refractivity (Wildman–Crippen MR) is 83.7 cm³/mol. The van der Waals surface area contributed by atoms with Crippen LogP contribution in [0.2, 0.25) is 0 Å². The minimum absolute atomic E-state index is 0.0822. The Labute approximate surface area is 133 Å². The highest BCUT2D eigenvalue weighted by atomic mass is 16.4. The third kappa shape index (κ3) is 4.21. The first-order valence-electron chi connectivity index (χ1n) is 7.51. The molecule has 0 saturated carbocycles. The molecule has 2 rings (SSSR count). The number of carbonyl (C=O) groups excluding carboxylic acids is 1. The zero-order valence-electron chi connectivity index (χ0n) is 12.9. The summed E-state index contributed by atoms with van der Waals surface area (Å²) < 4.78 is 0. The second kappa shape index (κ2) is 7.13. The SMILES string of the molecule is Cc1cc(C(=O)NC(CCCC(=O)O)C(=O)O)cc2c1NCC2. The second-order valence-corrected chi connectivity index (χ2v) is 5.65. The summed E-state index contributed by atoms with van der Waals surface area (Å²) in [6.07, 6.45) is 0.986. The van der Waals surface area contributed by atoms with Crippen LogP contribution in [0.5, 0.6) is 0 Å². The number of rotatable bonds is 7. The molecule has 1 unspecified atom stereocenters. The largest absolute Gasteiger partial charge is 0.481 e. The van der Waals surface area contributed by atoms with Crippen molar-refractivity contribution in [2.24, 2.45) is 0 Å². The number of fused-ring (bicyclic) bond motifs is 1. The number of aliphatic carboxylic acids is 2. The number of anilines is 1. The molecule has 1 amide bonds. The van der Waals surface area contributed by atoms with Crippen molar-refractivity contribution in [2.75, 3.05) is 11.9 Å². The van der Waals surface area contributed by atoms with E-state index >= 15 is 0 Å². The van der Waals surface area contributed by atoms with Gasteiger partial charge >= 0.3 is 11.9 Å². The Morgan fingerprint density at radius 2 is 2.04 bits per heavy atom. The maximum absolute atomic E-state index is 12.3. The van der Waals surface area contributed by atoms with Crippen LogP contribution in [0, 0.1) is 6.92 Å². The molecule has 1 aliphatic rings. The van der Waals surface area contributed by atoms with Crippen molar-refractivity contribution in [3.63, 3.8) is 0 Å². The van der Waals surface area contributed by atoms with Crippen LogP contribution in [0.15, 0.2) is 12.1 Å². The van der Waals surface area contributed by atoms with Crippen molar-refractivity contribution < 1.29 is 24.6 Å². The molecule has 0 radical (unpaired) electrons. The van der Waals surface area contributed by atoms with Gasteiger partial charge in [-0.2, -0.15) is 0 Å². The molecule has 7 heteroatoms. The number of carboxylic acid groups (broad SMARTS) is 2. The maximum Gasteiger partial charge on any atom is 0.326 e. The van der Waals surface area contributed by atoms with Crippen molar-refractivity contribution >= 4 is 23.5 Å². The summed E-state index contributed by atoms with van der Waals surface area (Å²) in [5.41, 5.74) is 3.46. The zero-order valence-corrected chi connectivity index (χ0v) is 12.9. The number of benzene rings is 1. The number of aryl methyl sites for hydroxylation is 1. The topological polar surface area (TPSA) is 116 Å². The lowest BCUT2D eigenvalue weighted by atomic mass is 10.0. The van der Waals surface area contributed by atoms with Crippen LogP contribution in [0.25, 0.3) is 0 Å². The van der Waals surface area contributed by atoms with Gasteiger partial charge in [0.1, 0.15) is 6.04 Å². The number of nitrogens with one attached hydrogen (secondary N) is 2. The van der Waals surface area contributed by atoms with E-state index in [1.165, 1.54) is 0 Å².